The number of amides is 1. The van der Waals surface area contributed by atoms with E-state index >= 15 is 0 Å². The zero-order valence-electron chi connectivity index (χ0n) is 14.9. The van der Waals surface area contributed by atoms with Crippen molar-refractivity contribution in [3.05, 3.63) is 39.6 Å². The average Bonchev–Trinajstić information content (AvgIpc) is 3.17. The Morgan fingerprint density at radius 3 is 2.80 bits per heavy atom. The Hall–Kier alpha value is -1.99. The van der Waals surface area contributed by atoms with Crippen molar-refractivity contribution in [2.75, 3.05) is 19.6 Å². The van der Waals surface area contributed by atoms with E-state index in [1.807, 2.05) is 42.6 Å². The van der Waals surface area contributed by atoms with Gasteiger partial charge in [-0.1, -0.05) is 0 Å². The van der Waals surface area contributed by atoms with Crippen LogP contribution >= 0.6 is 11.3 Å². The molecule has 0 spiro atoms. The minimum Gasteiger partial charge on any atom is -0.336 e. The first kappa shape index (κ1) is 17.8. The molecular weight excluding hydrogens is 336 g/mol. The minimum atomic E-state index is -0.0820. The molecule has 0 aliphatic carbocycles. The highest BCUT2D eigenvalue weighted by Crippen LogP contribution is 2.24. The van der Waals surface area contributed by atoms with Crippen molar-refractivity contribution >= 4 is 23.0 Å². The maximum absolute atomic E-state index is 12.8. The standard InChI is InChI=1S/C18H24N4O2S/c1-12-10-14(13(2)25-12)16(23)4-5-17(24)22-9-6-19-11-15(22)18-20-7-8-21(18)3/h7-8,10,15,19H,4-6,9,11H2,1-3H3. The molecule has 1 aliphatic heterocycles. The van der Waals surface area contributed by atoms with Gasteiger partial charge in [0.15, 0.2) is 5.78 Å². The van der Waals surface area contributed by atoms with Crippen LogP contribution in [-0.4, -0.2) is 45.8 Å². The fraction of sp³-hybridized carbons (Fsp3) is 0.500. The molecule has 1 N–H and O–H groups in total. The Kier molecular flexibility index (Phi) is 5.34. The van der Waals surface area contributed by atoms with Crippen molar-refractivity contribution in [1.82, 2.24) is 19.8 Å². The number of imidazole rings is 1. The minimum absolute atomic E-state index is 0.0208. The summed E-state index contributed by atoms with van der Waals surface area (Å²) in [5.74, 6) is 0.947. The predicted octanol–water partition coefficient (Wildman–Crippen LogP) is 2.23. The molecule has 2 aromatic heterocycles. The summed E-state index contributed by atoms with van der Waals surface area (Å²) in [7, 11) is 1.94. The molecule has 1 aliphatic rings. The van der Waals surface area contributed by atoms with Crippen LogP contribution in [0.5, 0.6) is 0 Å². The lowest BCUT2D eigenvalue weighted by atomic mass is 10.1. The summed E-state index contributed by atoms with van der Waals surface area (Å²) in [6.45, 7) is 6.05. The fourth-order valence-corrected chi connectivity index (χ4v) is 4.28. The van der Waals surface area contributed by atoms with Gasteiger partial charge in [0.25, 0.3) is 0 Å². The van der Waals surface area contributed by atoms with E-state index in [-0.39, 0.29) is 30.6 Å². The number of piperazine rings is 1. The smallest absolute Gasteiger partial charge is 0.223 e. The molecule has 1 amide bonds. The van der Waals surface area contributed by atoms with E-state index in [1.165, 1.54) is 0 Å². The molecule has 1 saturated heterocycles. The van der Waals surface area contributed by atoms with Gasteiger partial charge in [0.2, 0.25) is 5.91 Å². The molecule has 3 rings (SSSR count). The molecular formula is C18H24N4O2S. The number of carbonyl (C=O) groups excluding carboxylic acids is 2. The van der Waals surface area contributed by atoms with Crippen LogP contribution in [0.4, 0.5) is 0 Å². The van der Waals surface area contributed by atoms with Crippen molar-refractivity contribution in [3.63, 3.8) is 0 Å². The van der Waals surface area contributed by atoms with Gasteiger partial charge < -0.3 is 14.8 Å². The third-order valence-electron chi connectivity index (χ3n) is 4.63. The lowest BCUT2D eigenvalue weighted by Crippen LogP contribution is -2.49. The summed E-state index contributed by atoms with van der Waals surface area (Å²) < 4.78 is 1.95. The molecule has 1 atom stereocenters. The third kappa shape index (κ3) is 3.82. The van der Waals surface area contributed by atoms with Gasteiger partial charge in [0.1, 0.15) is 11.9 Å². The van der Waals surface area contributed by atoms with E-state index in [0.717, 1.165) is 27.7 Å². The summed E-state index contributed by atoms with van der Waals surface area (Å²) in [6, 6.07) is 1.84. The number of hydrogen-bond acceptors (Lipinski definition) is 5. The Morgan fingerprint density at radius 2 is 2.16 bits per heavy atom. The van der Waals surface area contributed by atoms with Crippen LogP contribution in [0.1, 0.15) is 44.8 Å². The predicted molar refractivity (Wildman–Crippen MR) is 97.9 cm³/mol. The zero-order valence-corrected chi connectivity index (χ0v) is 15.7. The average molecular weight is 360 g/mol. The first-order chi connectivity index (χ1) is 12.0. The molecule has 134 valence electrons. The van der Waals surface area contributed by atoms with Crippen molar-refractivity contribution in [2.24, 2.45) is 7.05 Å². The number of thiophene rings is 1. The Labute approximate surface area is 151 Å². The molecule has 0 saturated carbocycles. The van der Waals surface area contributed by atoms with E-state index in [2.05, 4.69) is 10.3 Å². The number of aryl methyl sites for hydroxylation is 3. The Morgan fingerprint density at radius 1 is 1.36 bits per heavy atom. The normalized spacial score (nSPS) is 17.7. The second kappa shape index (κ2) is 7.49. The number of nitrogens with one attached hydrogen (secondary N) is 1. The maximum atomic E-state index is 12.8. The SMILES string of the molecule is Cc1cc(C(=O)CCC(=O)N2CCNCC2c2nccn2C)c(C)s1. The zero-order chi connectivity index (χ0) is 18.0. The molecule has 0 aromatic carbocycles. The first-order valence-corrected chi connectivity index (χ1v) is 9.36. The monoisotopic (exact) mass is 360 g/mol. The van der Waals surface area contributed by atoms with E-state index in [4.69, 9.17) is 0 Å². The highest BCUT2D eigenvalue weighted by Gasteiger charge is 2.30. The first-order valence-electron chi connectivity index (χ1n) is 8.55. The van der Waals surface area contributed by atoms with Crippen molar-refractivity contribution < 1.29 is 9.59 Å². The highest BCUT2D eigenvalue weighted by molar-refractivity contribution is 7.12. The van der Waals surface area contributed by atoms with Gasteiger partial charge >= 0.3 is 0 Å². The Balaban J connectivity index is 1.66. The summed E-state index contributed by atoms with van der Waals surface area (Å²) in [5.41, 5.74) is 0.760. The maximum Gasteiger partial charge on any atom is 0.223 e. The van der Waals surface area contributed by atoms with Crippen LogP contribution in [0, 0.1) is 13.8 Å². The summed E-state index contributed by atoms with van der Waals surface area (Å²) in [6.07, 6.45) is 4.14. The van der Waals surface area contributed by atoms with E-state index in [9.17, 15) is 9.59 Å². The molecule has 25 heavy (non-hydrogen) atoms. The number of Topliss-reactive ketones (excluding diaryl/α,β-unsaturated/α-hetero) is 1. The topological polar surface area (TPSA) is 67.2 Å². The van der Waals surface area contributed by atoms with Crippen LogP contribution in [-0.2, 0) is 11.8 Å². The van der Waals surface area contributed by atoms with Crippen LogP contribution in [0.2, 0.25) is 0 Å². The molecule has 7 heteroatoms. The van der Waals surface area contributed by atoms with E-state index < -0.39 is 0 Å². The van der Waals surface area contributed by atoms with Gasteiger partial charge in [-0.3, -0.25) is 9.59 Å². The highest BCUT2D eigenvalue weighted by atomic mass is 32.1. The van der Waals surface area contributed by atoms with Crippen molar-refractivity contribution in [2.45, 2.75) is 32.7 Å². The number of ketones is 1. The molecule has 2 aromatic rings. The van der Waals surface area contributed by atoms with Gasteiger partial charge in [0.05, 0.1) is 0 Å². The number of nitrogens with zero attached hydrogens (tertiary/aromatic N) is 3. The molecule has 0 bridgehead atoms. The van der Waals surface area contributed by atoms with Gasteiger partial charge in [-0.15, -0.1) is 11.3 Å². The molecule has 1 fully saturated rings. The quantitative estimate of drug-likeness (QED) is 0.831. The number of rotatable bonds is 5. The van der Waals surface area contributed by atoms with Crippen molar-refractivity contribution in [3.8, 4) is 0 Å². The second-order valence-electron chi connectivity index (χ2n) is 6.45. The third-order valence-corrected chi connectivity index (χ3v) is 5.59. The second-order valence-corrected chi connectivity index (χ2v) is 7.91. The summed E-state index contributed by atoms with van der Waals surface area (Å²) in [5, 5.41) is 3.32. The summed E-state index contributed by atoms with van der Waals surface area (Å²) in [4.78, 5) is 33.6. The lowest BCUT2D eigenvalue weighted by Gasteiger charge is -2.35. The largest absolute Gasteiger partial charge is 0.336 e. The van der Waals surface area contributed by atoms with Gasteiger partial charge in [-0.05, 0) is 19.9 Å². The van der Waals surface area contributed by atoms with Crippen LogP contribution in [0.25, 0.3) is 0 Å². The number of carbonyl (C=O) groups is 2. The number of aromatic nitrogens is 2. The van der Waals surface area contributed by atoms with Gasteiger partial charge in [-0.25, -0.2) is 4.98 Å². The van der Waals surface area contributed by atoms with Gasteiger partial charge in [0, 0.05) is 67.2 Å². The summed E-state index contributed by atoms with van der Waals surface area (Å²) >= 11 is 1.62. The van der Waals surface area contributed by atoms with Crippen LogP contribution in [0.3, 0.4) is 0 Å². The fourth-order valence-electron chi connectivity index (χ4n) is 3.34. The van der Waals surface area contributed by atoms with Gasteiger partial charge in [-0.2, -0.15) is 0 Å². The van der Waals surface area contributed by atoms with E-state index in [1.54, 1.807) is 17.5 Å². The van der Waals surface area contributed by atoms with Crippen molar-refractivity contribution in [1.29, 1.82) is 0 Å². The lowest BCUT2D eigenvalue weighted by molar-refractivity contribution is -0.134. The number of hydrogen-bond donors (Lipinski definition) is 1. The molecule has 3 heterocycles. The van der Waals surface area contributed by atoms with Crippen LogP contribution in [0.15, 0.2) is 18.5 Å². The van der Waals surface area contributed by atoms with Crippen LogP contribution < -0.4 is 5.32 Å². The molecule has 1 unspecified atom stereocenters. The van der Waals surface area contributed by atoms with E-state index in [0.29, 0.717) is 13.1 Å². The Bertz CT molecular complexity index is 780. The molecule has 6 nitrogen and oxygen atoms in total. The molecule has 0 radical (unpaired) electrons.